The van der Waals surface area contributed by atoms with Crippen LogP contribution in [0.1, 0.15) is 5.56 Å². The number of methoxy groups -OCH3 is 1. The summed E-state index contributed by atoms with van der Waals surface area (Å²) in [7, 11) is 1.65. The Balaban J connectivity index is 1.60. The number of anilines is 2. The van der Waals surface area contributed by atoms with Gasteiger partial charge < -0.3 is 15.8 Å². The zero-order valence-electron chi connectivity index (χ0n) is 15.0. The zero-order chi connectivity index (χ0) is 18.8. The number of benzene rings is 2. The molecule has 0 bridgehead atoms. The number of nitrogens with one attached hydrogen (secondary N) is 1. The highest BCUT2D eigenvalue weighted by Gasteiger charge is 2.28. The lowest BCUT2D eigenvalue weighted by molar-refractivity contribution is 0.252. The molecule has 2 amide bonds. The van der Waals surface area contributed by atoms with Crippen molar-refractivity contribution in [2.75, 3.05) is 23.9 Å². The van der Waals surface area contributed by atoms with Crippen LogP contribution in [0.5, 0.6) is 5.75 Å². The fourth-order valence-corrected chi connectivity index (χ4v) is 4.53. The summed E-state index contributed by atoms with van der Waals surface area (Å²) < 4.78 is 5.22. The van der Waals surface area contributed by atoms with E-state index < -0.39 is 6.03 Å². The first kappa shape index (κ1) is 17.4. The molecule has 0 aliphatic carbocycles. The van der Waals surface area contributed by atoms with E-state index in [-0.39, 0.29) is 6.04 Å². The smallest absolute Gasteiger partial charge is 0.320 e. The SMILES string of the molecule is COc1ccc(-c2ccc(N(C(N)=O)C3CNc4ccccc4C3)s2)cc1. The fraction of sp³-hybridized carbons (Fsp3) is 0.190. The van der Waals surface area contributed by atoms with E-state index in [1.165, 1.54) is 5.56 Å². The molecule has 5 nitrogen and oxygen atoms in total. The van der Waals surface area contributed by atoms with Crippen LogP contribution in [-0.4, -0.2) is 25.7 Å². The van der Waals surface area contributed by atoms with E-state index in [1.807, 2.05) is 48.5 Å². The number of hydrogen-bond donors (Lipinski definition) is 2. The summed E-state index contributed by atoms with van der Waals surface area (Å²) in [6.45, 7) is 0.676. The van der Waals surface area contributed by atoms with Gasteiger partial charge in [-0.2, -0.15) is 0 Å². The van der Waals surface area contributed by atoms with Crippen molar-refractivity contribution in [3.05, 3.63) is 66.2 Å². The summed E-state index contributed by atoms with van der Waals surface area (Å²) in [4.78, 5) is 15.0. The summed E-state index contributed by atoms with van der Waals surface area (Å²) in [5.41, 5.74) is 9.17. The third-order valence-electron chi connectivity index (χ3n) is 4.81. The Labute approximate surface area is 162 Å². The van der Waals surface area contributed by atoms with E-state index in [2.05, 4.69) is 17.4 Å². The van der Waals surface area contributed by atoms with Crippen LogP contribution in [0.2, 0.25) is 0 Å². The van der Waals surface area contributed by atoms with Crippen molar-refractivity contribution in [3.63, 3.8) is 0 Å². The van der Waals surface area contributed by atoms with E-state index in [0.717, 1.165) is 33.3 Å². The maximum absolute atomic E-state index is 12.3. The average molecular weight is 379 g/mol. The average Bonchev–Trinajstić information content (AvgIpc) is 3.17. The maximum atomic E-state index is 12.3. The molecule has 2 aromatic carbocycles. The third-order valence-corrected chi connectivity index (χ3v) is 5.94. The molecule has 1 aromatic heterocycles. The normalized spacial score (nSPS) is 15.5. The van der Waals surface area contributed by atoms with Gasteiger partial charge in [0.05, 0.1) is 18.2 Å². The molecule has 3 N–H and O–H groups in total. The lowest BCUT2D eigenvalue weighted by atomic mass is 9.99. The highest BCUT2D eigenvalue weighted by Crippen LogP contribution is 2.36. The molecule has 0 fully saturated rings. The highest BCUT2D eigenvalue weighted by molar-refractivity contribution is 7.19. The van der Waals surface area contributed by atoms with Crippen molar-refractivity contribution in [1.29, 1.82) is 0 Å². The number of thiophene rings is 1. The van der Waals surface area contributed by atoms with Gasteiger partial charge in [-0.1, -0.05) is 18.2 Å². The molecule has 0 saturated carbocycles. The number of carbonyl (C=O) groups is 1. The first-order valence-corrected chi connectivity index (χ1v) is 9.62. The fourth-order valence-electron chi connectivity index (χ4n) is 3.44. The molecule has 1 atom stereocenters. The maximum Gasteiger partial charge on any atom is 0.320 e. The Bertz CT molecular complexity index is 952. The number of rotatable bonds is 4. The van der Waals surface area contributed by atoms with Gasteiger partial charge in [-0.3, -0.25) is 4.90 Å². The topological polar surface area (TPSA) is 67.6 Å². The van der Waals surface area contributed by atoms with Crippen LogP contribution in [0, 0.1) is 0 Å². The second-order valence-corrected chi connectivity index (χ2v) is 7.53. The number of ether oxygens (including phenoxy) is 1. The lowest BCUT2D eigenvalue weighted by Gasteiger charge is -2.33. The van der Waals surface area contributed by atoms with Crippen molar-refractivity contribution in [2.45, 2.75) is 12.5 Å². The lowest BCUT2D eigenvalue weighted by Crippen LogP contribution is -2.49. The van der Waals surface area contributed by atoms with Gasteiger partial charge in [0.1, 0.15) is 5.75 Å². The molecule has 138 valence electrons. The molecule has 0 saturated heterocycles. The standard InChI is InChI=1S/C21H21N3O2S/c1-26-17-8-6-14(7-9-17)19-10-11-20(27-19)24(21(22)25)16-12-15-4-2-3-5-18(15)23-13-16/h2-11,16,23H,12-13H2,1H3,(H2,22,25). The number of nitrogens with zero attached hydrogens (tertiary/aromatic N) is 1. The van der Waals surface area contributed by atoms with Crippen LogP contribution in [-0.2, 0) is 6.42 Å². The number of urea groups is 1. The number of nitrogens with two attached hydrogens (primary N) is 1. The predicted molar refractivity (Wildman–Crippen MR) is 111 cm³/mol. The molecule has 1 unspecified atom stereocenters. The van der Waals surface area contributed by atoms with Gasteiger partial charge in [0, 0.05) is 17.1 Å². The minimum atomic E-state index is -0.427. The monoisotopic (exact) mass is 379 g/mol. The molecule has 0 radical (unpaired) electrons. The molecular weight excluding hydrogens is 358 g/mol. The number of carbonyl (C=O) groups excluding carboxylic acids is 1. The Morgan fingerprint density at radius 3 is 2.67 bits per heavy atom. The van der Waals surface area contributed by atoms with Gasteiger partial charge in [-0.05, 0) is 60.0 Å². The van der Waals surface area contributed by atoms with Crippen molar-refractivity contribution >= 4 is 28.1 Å². The second kappa shape index (κ2) is 7.32. The van der Waals surface area contributed by atoms with Gasteiger partial charge in [-0.25, -0.2) is 4.79 Å². The first-order valence-electron chi connectivity index (χ1n) is 8.80. The highest BCUT2D eigenvalue weighted by atomic mass is 32.1. The number of para-hydroxylation sites is 1. The van der Waals surface area contributed by atoms with Gasteiger partial charge in [-0.15, -0.1) is 11.3 Å². The van der Waals surface area contributed by atoms with Crippen molar-refractivity contribution in [1.82, 2.24) is 0 Å². The van der Waals surface area contributed by atoms with Gasteiger partial charge in [0.25, 0.3) is 0 Å². The molecule has 2 heterocycles. The van der Waals surface area contributed by atoms with Gasteiger partial charge >= 0.3 is 6.03 Å². The van der Waals surface area contributed by atoms with E-state index in [9.17, 15) is 4.79 Å². The molecule has 3 aromatic rings. The zero-order valence-corrected chi connectivity index (χ0v) is 15.8. The van der Waals surface area contributed by atoms with Crippen molar-refractivity contribution in [3.8, 4) is 16.2 Å². The van der Waals surface area contributed by atoms with E-state index in [4.69, 9.17) is 10.5 Å². The van der Waals surface area contributed by atoms with E-state index in [0.29, 0.717) is 6.54 Å². The summed E-state index contributed by atoms with van der Waals surface area (Å²) >= 11 is 1.57. The summed E-state index contributed by atoms with van der Waals surface area (Å²) in [5.74, 6) is 0.821. The Hall–Kier alpha value is -2.99. The third kappa shape index (κ3) is 3.48. The number of amides is 2. The minimum Gasteiger partial charge on any atom is -0.497 e. The first-order chi connectivity index (χ1) is 13.2. The quantitative estimate of drug-likeness (QED) is 0.708. The Morgan fingerprint density at radius 1 is 1.15 bits per heavy atom. The molecule has 1 aliphatic rings. The molecule has 6 heteroatoms. The van der Waals surface area contributed by atoms with Crippen molar-refractivity contribution in [2.24, 2.45) is 5.73 Å². The Kier molecular flexibility index (Phi) is 4.73. The van der Waals surface area contributed by atoms with Gasteiger partial charge in [0.15, 0.2) is 0 Å². The number of hydrogen-bond acceptors (Lipinski definition) is 4. The van der Waals surface area contributed by atoms with E-state index in [1.54, 1.807) is 23.3 Å². The summed E-state index contributed by atoms with van der Waals surface area (Å²) in [6.07, 6.45) is 0.780. The minimum absolute atomic E-state index is 0.0141. The van der Waals surface area contributed by atoms with Crippen LogP contribution in [0.3, 0.4) is 0 Å². The van der Waals surface area contributed by atoms with Crippen molar-refractivity contribution < 1.29 is 9.53 Å². The Morgan fingerprint density at radius 2 is 1.93 bits per heavy atom. The van der Waals surface area contributed by atoms with Crippen LogP contribution in [0.15, 0.2) is 60.7 Å². The van der Waals surface area contributed by atoms with Crippen LogP contribution in [0.25, 0.3) is 10.4 Å². The van der Waals surface area contributed by atoms with E-state index >= 15 is 0 Å². The molecule has 27 heavy (non-hydrogen) atoms. The summed E-state index contributed by atoms with van der Waals surface area (Å²) in [6, 6.07) is 19.6. The largest absolute Gasteiger partial charge is 0.497 e. The van der Waals surface area contributed by atoms with Crippen LogP contribution in [0.4, 0.5) is 15.5 Å². The molecule has 0 spiro atoms. The second-order valence-electron chi connectivity index (χ2n) is 6.47. The number of primary amides is 1. The number of fused-ring (bicyclic) bond motifs is 1. The molecule has 1 aliphatic heterocycles. The van der Waals surface area contributed by atoms with Crippen LogP contribution < -0.4 is 20.7 Å². The molecular formula is C21H21N3O2S. The molecule has 4 rings (SSSR count). The summed E-state index contributed by atoms with van der Waals surface area (Å²) in [5, 5.41) is 4.27. The van der Waals surface area contributed by atoms with Crippen LogP contribution >= 0.6 is 11.3 Å². The predicted octanol–water partition coefficient (Wildman–Crippen LogP) is 4.35. The van der Waals surface area contributed by atoms with Gasteiger partial charge in [0.2, 0.25) is 0 Å².